The largest absolute Gasteiger partial charge is 0.313 e. The highest BCUT2D eigenvalue weighted by molar-refractivity contribution is 6.21. The van der Waals surface area contributed by atoms with Crippen molar-refractivity contribution < 1.29 is 0 Å². The lowest BCUT2D eigenvalue weighted by Gasteiger charge is -1.95. The molecule has 0 spiro atoms. The molecule has 1 heterocycles. The summed E-state index contributed by atoms with van der Waals surface area (Å²) in [5.74, 6) is 0. The van der Waals surface area contributed by atoms with Crippen LogP contribution in [-0.4, -0.2) is 18.0 Å². The van der Waals surface area contributed by atoms with Crippen molar-refractivity contribution >= 4 is 11.6 Å². The first-order valence-electron chi connectivity index (χ1n) is 3.66. The number of hydrogen-bond acceptors (Lipinski definition) is 1. The van der Waals surface area contributed by atoms with E-state index in [9.17, 15) is 0 Å². The smallest absolute Gasteiger partial charge is 0.0475 e. The van der Waals surface area contributed by atoms with Crippen LogP contribution in [0.15, 0.2) is 0 Å². The lowest BCUT2D eigenvalue weighted by Crippen LogP contribution is -2.16. The lowest BCUT2D eigenvalue weighted by atomic mass is 10.3. The van der Waals surface area contributed by atoms with Crippen LogP contribution in [0.25, 0.3) is 0 Å². The summed E-state index contributed by atoms with van der Waals surface area (Å²) in [7, 11) is 0. The van der Waals surface area contributed by atoms with Crippen LogP contribution in [0.1, 0.15) is 27.2 Å². The van der Waals surface area contributed by atoms with Crippen LogP contribution < -0.4 is 5.32 Å². The Morgan fingerprint density at radius 1 is 1.44 bits per heavy atom. The quantitative estimate of drug-likeness (QED) is 0.520. The van der Waals surface area contributed by atoms with E-state index in [1.807, 2.05) is 13.8 Å². The summed E-state index contributed by atoms with van der Waals surface area (Å²) in [6.07, 6.45) is 1.13. The fourth-order valence-corrected chi connectivity index (χ4v) is 1.24. The molecule has 2 unspecified atom stereocenters. The molecule has 0 aliphatic carbocycles. The van der Waals surface area contributed by atoms with Gasteiger partial charge in [-0.2, -0.15) is 0 Å². The standard InChI is InChI=1S/C5H10ClN.C2H6/c1-4-2-5(6)3-7-4;1-2/h4-5,7H,2-3H2,1H3;1-2H3. The molecule has 1 rings (SSSR count). The van der Waals surface area contributed by atoms with Crippen LogP contribution in [0.2, 0.25) is 0 Å². The number of nitrogens with one attached hydrogen (secondary N) is 1. The molecule has 1 nitrogen and oxygen atoms in total. The van der Waals surface area contributed by atoms with Gasteiger partial charge in [0.05, 0.1) is 0 Å². The van der Waals surface area contributed by atoms with Gasteiger partial charge in [-0.3, -0.25) is 0 Å². The van der Waals surface area contributed by atoms with E-state index in [2.05, 4.69) is 12.2 Å². The summed E-state index contributed by atoms with van der Waals surface area (Å²) in [6.45, 7) is 7.14. The molecule has 0 bridgehead atoms. The third kappa shape index (κ3) is 3.77. The second-order valence-corrected chi connectivity index (χ2v) is 2.76. The zero-order valence-corrected chi connectivity index (χ0v) is 7.20. The van der Waals surface area contributed by atoms with Crippen molar-refractivity contribution in [2.45, 2.75) is 38.6 Å². The summed E-state index contributed by atoms with van der Waals surface area (Å²) in [5.41, 5.74) is 0. The third-order valence-corrected chi connectivity index (χ3v) is 1.63. The van der Waals surface area contributed by atoms with Gasteiger partial charge in [0.25, 0.3) is 0 Å². The van der Waals surface area contributed by atoms with Gasteiger partial charge in [0.1, 0.15) is 0 Å². The molecule has 0 radical (unpaired) electrons. The Bertz CT molecular complexity index is 57.9. The van der Waals surface area contributed by atoms with Gasteiger partial charge in [-0.25, -0.2) is 0 Å². The molecule has 0 saturated carbocycles. The molecule has 1 N–H and O–H groups in total. The first-order chi connectivity index (χ1) is 4.29. The van der Waals surface area contributed by atoms with Crippen LogP contribution in [0.4, 0.5) is 0 Å². The Morgan fingerprint density at radius 2 is 2.00 bits per heavy atom. The first-order valence-corrected chi connectivity index (χ1v) is 4.10. The average Bonchev–Trinajstić information content (AvgIpc) is 2.20. The van der Waals surface area contributed by atoms with Crippen LogP contribution in [0.5, 0.6) is 0 Å². The van der Waals surface area contributed by atoms with Crippen LogP contribution in [0, 0.1) is 0 Å². The molecule has 0 aromatic carbocycles. The van der Waals surface area contributed by atoms with Crippen LogP contribution in [0.3, 0.4) is 0 Å². The molecule has 1 saturated heterocycles. The number of alkyl halides is 1. The van der Waals surface area contributed by atoms with Gasteiger partial charge < -0.3 is 5.32 Å². The van der Waals surface area contributed by atoms with E-state index in [0.717, 1.165) is 13.0 Å². The molecule has 0 amide bonds. The van der Waals surface area contributed by atoms with E-state index in [-0.39, 0.29) is 0 Å². The third-order valence-electron chi connectivity index (χ3n) is 1.30. The molecular formula is C7H16ClN. The van der Waals surface area contributed by atoms with Crippen molar-refractivity contribution in [2.24, 2.45) is 0 Å². The van der Waals surface area contributed by atoms with Crippen molar-refractivity contribution in [3.8, 4) is 0 Å². The van der Waals surface area contributed by atoms with Gasteiger partial charge >= 0.3 is 0 Å². The Morgan fingerprint density at radius 3 is 2.11 bits per heavy atom. The zero-order chi connectivity index (χ0) is 7.28. The fraction of sp³-hybridized carbons (Fsp3) is 1.00. The van der Waals surface area contributed by atoms with Crippen molar-refractivity contribution in [1.82, 2.24) is 5.32 Å². The van der Waals surface area contributed by atoms with Crippen molar-refractivity contribution in [3.05, 3.63) is 0 Å². The molecule has 1 aliphatic rings. The molecule has 56 valence electrons. The summed E-state index contributed by atoms with van der Waals surface area (Å²) >= 11 is 5.74. The van der Waals surface area contributed by atoms with E-state index in [1.54, 1.807) is 0 Å². The minimum atomic E-state index is 0.384. The van der Waals surface area contributed by atoms with Crippen molar-refractivity contribution in [2.75, 3.05) is 6.54 Å². The Kier molecular flexibility index (Phi) is 5.21. The normalized spacial score (nSPS) is 33.3. The second-order valence-electron chi connectivity index (χ2n) is 2.14. The highest BCUT2D eigenvalue weighted by Gasteiger charge is 2.16. The zero-order valence-electron chi connectivity index (χ0n) is 6.45. The number of hydrogen-bond donors (Lipinski definition) is 1. The van der Waals surface area contributed by atoms with Gasteiger partial charge in [0.15, 0.2) is 0 Å². The summed E-state index contributed by atoms with van der Waals surface area (Å²) < 4.78 is 0. The van der Waals surface area contributed by atoms with E-state index >= 15 is 0 Å². The lowest BCUT2D eigenvalue weighted by molar-refractivity contribution is 0.665. The summed E-state index contributed by atoms with van der Waals surface area (Å²) in [4.78, 5) is 0. The SMILES string of the molecule is CC.CC1CC(Cl)CN1. The van der Waals surface area contributed by atoms with Gasteiger partial charge in [-0.1, -0.05) is 13.8 Å². The molecule has 1 aliphatic heterocycles. The van der Waals surface area contributed by atoms with E-state index in [0.29, 0.717) is 11.4 Å². The maximum atomic E-state index is 5.74. The van der Waals surface area contributed by atoms with E-state index in [1.165, 1.54) is 0 Å². The molecular weight excluding hydrogens is 134 g/mol. The average molecular weight is 150 g/mol. The van der Waals surface area contributed by atoms with Gasteiger partial charge in [-0.05, 0) is 13.3 Å². The minimum absolute atomic E-state index is 0.384. The topological polar surface area (TPSA) is 12.0 Å². The number of rotatable bonds is 0. The molecule has 0 aromatic heterocycles. The van der Waals surface area contributed by atoms with Gasteiger partial charge in [0.2, 0.25) is 0 Å². The minimum Gasteiger partial charge on any atom is -0.313 e. The first kappa shape index (κ1) is 9.25. The molecule has 2 atom stereocenters. The van der Waals surface area contributed by atoms with Crippen molar-refractivity contribution in [3.63, 3.8) is 0 Å². The molecule has 9 heavy (non-hydrogen) atoms. The highest BCUT2D eigenvalue weighted by Crippen LogP contribution is 2.10. The maximum absolute atomic E-state index is 5.74. The Hall–Kier alpha value is 0.250. The Labute approximate surface area is 62.8 Å². The maximum Gasteiger partial charge on any atom is 0.0475 e. The van der Waals surface area contributed by atoms with Crippen molar-refractivity contribution in [1.29, 1.82) is 0 Å². The molecule has 2 heteroatoms. The summed E-state index contributed by atoms with van der Waals surface area (Å²) in [5, 5.41) is 3.62. The second kappa shape index (κ2) is 5.07. The van der Waals surface area contributed by atoms with Gasteiger partial charge in [0, 0.05) is 18.0 Å². The summed E-state index contributed by atoms with van der Waals surface area (Å²) in [6, 6.07) is 0.641. The van der Waals surface area contributed by atoms with E-state index in [4.69, 9.17) is 11.6 Å². The molecule has 1 fully saturated rings. The van der Waals surface area contributed by atoms with Crippen LogP contribution in [-0.2, 0) is 0 Å². The Balaban J connectivity index is 0.000000291. The highest BCUT2D eigenvalue weighted by atomic mass is 35.5. The fourth-order valence-electron chi connectivity index (χ4n) is 0.879. The molecule has 0 aromatic rings. The predicted octanol–water partition coefficient (Wildman–Crippen LogP) is 2.00. The van der Waals surface area contributed by atoms with Crippen LogP contribution >= 0.6 is 11.6 Å². The van der Waals surface area contributed by atoms with E-state index < -0.39 is 0 Å². The predicted molar refractivity (Wildman–Crippen MR) is 43.1 cm³/mol. The monoisotopic (exact) mass is 149 g/mol. The number of halogens is 1. The van der Waals surface area contributed by atoms with Gasteiger partial charge in [-0.15, -0.1) is 11.6 Å².